The van der Waals surface area contributed by atoms with Crippen molar-refractivity contribution in [3.63, 3.8) is 0 Å². The number of rotatable bonds is 2. The zero-order chi connectivity index (χ0) is 10.6. The summed E-state index contributed by atoms with van der Waals surface area (Å²) in [7, 11) is 1.25. The van der Waals surface area contributed by atoms with E-state index < -0.39 is 11.9 Å². The predicted octanol–water partition coefficient (Wildman–Crippen LogP) is -0.0128. The Morgan fingerprint density at radius 2 is 2.21 bits per heavy atom. The van der Waals surface area contributed by atoms with Crippen LogP contribution in [-0.2, 0) is 4.74 Å². The molecular formula is C8H8N2O4. The monoisotopic (exact) mass is 196 g/mol. The molecule has 2 N–H and O–H groups in total. The van der Waals surface area contributed by atoms with Crippen molar-refractivity contribution in [3.05, 3.63) is 29.6 Å². The zero-order valence-corrected chi connectivity index (χ0v) is 7.35. The van der Waals surface area contributed by atoms with E-state index in [4.69, 9.17) is 5.21 Å². The molecule has 0 aliphatic rings. The summed E-state index contributed by atoms with van der Waals surface area (Å²) >= 11 is 0. The summed E-state index contributed by atoms with van der Waals surface area (Å²) in [5, 5.41) is 8.28. The first-order valence-electron chi connectivity index (χ1n) is 3.68. The molecule has 0 aliphatic carbocycles. The minimum absolute atomic E-state index is 0.0140. The number of carbonyl (C=O) groups is 2. The summed E-state index contributed by atoms with van der Waals surface area (Å²) in [4.78, 5) is 25.4. The highest BCUT2D eigenvalue weighted by molar-refractivity contribution is 5.93. The molecule has 0 saturated heterocycles. The van der Waals surface area contributed by atoms with Gasteiger partial charge in [-0.05, 0) is 12.1 Å². The number of ether oxygens (including phenoxy) is 1. The summed E-state index contributed by atoms with van der Waals surface area (Å²) in [6.07, 6.45) is 1.19. The van der Waals surface area contributed by atoms with Gasteiger partial charge in [0.2, 0.25) is 0 Å². The quantitative estimate of drug-likeness (QED) is 0.394. The lowest BCUT2D eigenvalue weighted by molar-refractivity contribution is 0.0598. The molecule has 1 amide bonds. The first kappa shape index (κ1) is 10.1. The van der Waals surface area contributed by atoms with Crippen molar-refractivity contribution >= 4 is 11.9 Å². The van der Waals surface area contributed by atoms with E-state index in [-0.39, 0.29) is 11.3 Å². The molecule has 0 saturated carbocycles. The van der Waals surface area contributed by atoms with Gasteiger partial charge >= 0.3 is 5.97 Å². The Kier molecular flexibility index (Phi) is 3.14. The van der Waals surface area contributed by atoms with Crippen LogP contribution in [0.4, 0.5) is 0 Å². The minimum Gasteiger partial charge on any atom is -0.465 e. The van der Waals surface area contributed by atoms with Gasteiger partial charge in [0.05, 0.1) is 12.7 Å². The van der Waals surface area contributed by atoms with Crippen LogP contribution in [0.3, 0.4) is 0 Å². The van der Waals surface area contributed by atoms with Crippen LogP contribution in [-0.4, -0.2) is 29.2 Å². The fourth-order valence-corrected chi connectivity index (χ4v) is 0.824. The lowest BCUT2D eigenvalue weighted by Gasteiger charge is -1.99. The summed E-state index contributed by atoms with van der Waals surface area (Å²) in [5.41, 5.74) is 1.68. The Balaban J connectivity index is 2.89. The Morgan fingerprint density at radius 1 is 1.50 bits per heavy atom. The van der Waals surface area contributed by atoms with Crippen LogP contribution in [0.25, 0.3) is 0 Å². The molecule has 0 fully saturated rings. The largest absolute Gasteiger partial charge is 0.465 e. The average Bonchev–Trinajstić information content (AvgIpc) is 2.27. The molecule has 6 heteroatoms. The maximum Gasteiger partial charge on any atom is 0.339 e. The van der Waals surface area contributed by atoms with E-state index in [9.17, 15) is 9.59 Å². The minimum atomic E-state index is -0.735. The Hall–Kier alpha value is -1.95. The highest BCUT2D eigenvalue weighted by atomic mass is 16.5. The lowest BCUT2D eigenvalue weighted by Crippen LogP contribution is -2.20. The van der Waals surface area contributed by atoms with Gasteiger partial charge in [-0.3, -0.25) is 15.0 Å². The van der Waals surface area contributed by atoms with E-state index in [1.54, 1.807) is 0 Å². The number of methoxy groups -OCH3 is 1. The molecule has 74 valence electrons. The summed E-state index contributed by atoms with van der Waals surface area (Å²) in [6.45, 7) is 0. The molecule has 1 aromatic heterocycles. The van der Waals surface area contributed by atoms with Gasteiger partial charge in [-0.15, -0.1) is 0 Å². The molecule has 1 rings (SSSR count). The Morgan fingerprint density at radius 3 is 2.64 bits per heavy atom. The number of hydrogen-bond donors (Lipinski definition) is 2. The molecule has 0 aromatic carbocycles. The molecule has 0 unspecified atom stereocenters. The molecule has 0 aliphatic heterocycles. The average molecular weight is 196 g/mol. The third-order valence-corrected chi connectivity index (χ3v) is 1.52. The second-order valence-electron chi connectivity index (χ2n) is 2.36. The third-order valence-electron chi connectivity index (χ3n) is 1.52. The van der Waals surface area contributed by atoms with Crippen LogP contribution < -0.4 is 5.48 Å². The molecule has 0 atom stereocenters. The van der Waals surface area contributed by atoms with Crippen molar-refractivity contribution in [2.24, 2.45) is 0 Å². The molecular weight excluding hydrogens is 188 g/mol. The Bertz CT molecular complexity index is 312. The van der Waals surface area contributed by atoms with E-state index in [2.05, 4.69) is 9.72 Å². The predicted molar refractivity (Wildman–Crippen MR) is 44.8 cm³/mol. The Labute approximate surface area is 79.5 Å². The summed E-state index contributed by atoms with van der Waals surface area (Å²) < 4.78 is 4.43. The van der Waals surface area contributed by atoms with Crippen LogP contribution in [0.1, 0.15) is 20.8 Å². The fraction of sp³-hybridized carbons (Fsp3) is 0.125. The van der Waals surface area contributed by atoms with Crippen molar-refractivity contribution in [1.82, 2.24) is 10.5 Å². The second-order valence-corrected chi connectivity index (χ2v) is 2.36. The van der Waals surface area contributed by atoms with Gasteiger partial charge < -0.3 is 4.74 Å². The van der Waals surface area contributed by atoms with E-state index in [0.29, 0.717) is 0 Å². The lowest BCUT2D eigenvalue weighted by atomic mass is 10.2. The highest BCUT2D eigenvalue weighted by Gasteiger charge is 2.08. The number of amides is 1. The van der Waals surface area contributed by atoms with Gasteiger partial charge in [-0.1, -0.05) is 0 Å². The maximum atomic E-state index is 11.0. The summed E-state index contributed by atoms with van der Waals surface area (Å²) in [5.74, 6) is -1.27. The highest BCUT2D eigenvalue weighted by Crippen LogP contribution is 2.01. The smallest absolute Gasteiger partial charge is 0.339 e. The van der Waals surface area contributed by atoms with Gasteiger partial charge in [-0.25, -0.2) is 10.3 Å². The number of nitrogens with zero attached hydrogens (tertiary/aromatic N) is 1. The van der Waals surface area contributed by atoms with E-state index in [0.717, 1.165) is 0 Å². The zero-order valence-electron chi connectivity index (χ0n) is 7.35. The van der Waals surface area contributed by atoms with Gasteiger partial charge in [0.25, 0.3) is 5.91 Å². The summed E-state index contributed by atoms with van der Waals surface area (Å²) in [6, 6.07) is 2.68. The molecule has 14 heavy (non-hydrogen) atoms. The van der Waals surface area contributed by atoms with Gasteiger partial charge in [0.15, 0.2) is 0 Å². The van der Waals surface area contributed by atoms with Crippen molar-refractivity contribution in [2.75, 3.05) is 7.11 Å². The molecule has 0 radical (unpaired) electrons. The van der Waals surface area contributed by atoms with Crippen LogP contribution >= 0.6 is 0 Å². The van der Waals surface area contributed by atoms with E-state index >= 15 is 0 Å². The number of pyridine rings is 1. The van der Waals surface area contributed by atoms with Gasteiger partial charge in [0, 0.05) is 6.20 Å². The molecule has 0 bridgehead atoms. The van der Waals surface area contributed by atoms with Crippen molar-refractivity contribution in [1.29, 1.82) is 0 Å². The van der Waals surface area contributed by atoms with E-state index in [1.165, 1.54) is 30.9 Å². The number of carbonyl (C=O) groups excluding carboxylic acids is 2. The van der Waals surface area contributed by atoms with Crippen LogP contribution in [0, 0.1) is 0 Å². The molecule has 1 aromatic rings. The maximum absolute atomic E-state index is 11.0. The number of esters is 1. The standard InChI is InChI=1S/C8H8N2O4/c1-14-8(12)5-2-3-6(9-4-5)7(11)10-13/h2-4,13H,1H3,(H,10,11). The number of hydrogen-bond acceptors (Lipinski definition) is 5. The molecule has 6 nitrogen and oxygen atoms in total. The van der Waals surface area contributed by atoms with Gasteiger partial charge in [0.1, 0.15) is 5.69 Å². The van der Waals surface area contributed by atoms with Crippen LogP contribution in [0.15, 0.2) is 18.3 Å². The van der Waals surface area contributed by atoms with E-state index in [1.807, 2.05) is 0 Å². The SMILES string of the molecule is COC(=O)c1ccc(C(=O)NO)nc1. The van der Waals surface area contributed by atoms with Crippen molar-refractivity contribution in [3.8, 4) is 0 Å². The van der Waals surface area contributed by atoms with Crippen molar-refractivity contribution < 1.29 is 19.5 Å². The fourth-order valence-electron chi connectivity index (χ4n) is 0.824. The van der Waals surface area contributed by atoms with Gasteiger partial charge in [-0.2, -0.15) is 0 Å². The number of aromatic nitrogens is 1. The topological polar surface area (TPSA) is 88.5 Å². The second kappa shape index (κ2) is 4.33. The van der Waals surface area contributed by atoms with Crippen LogP contribution in [0.5, 0.6) is 0 Å². The van der Waals surface area contributed by atoms with Crippen molar-refractivity contribution in [2.45, 2.75) is 0 Å². The van der Waals surface area contributed by atoms with Crippen LogP contribution in [0.2, 0.25) is 0 Å². The number of nitrogens with one attached hydrogen (secondary N) is 1. The molecule has 0 spiro atoms. The first-order valence-corrected chi connectivity index (χ1v) is 3.68. The molecule has 1 heterocycles. The normalized spacial score (nSPS) is 9.29. The number of hydroxylamine groups is 1. The first-order chi connectivity index (χ1) is 6.69. The third kappa shape index (κ3) is 2.05.